The molecule has 1 aliphatic heterocycles. The summed E-state index contributed by atoms with van der Waals surface area (Å²) >= 11 is 0. The second-order valence-corrected chi connectivity index (χ2v) is 6.82. The van der Waals surface area contributed by atoms with Crippen molar-refractivity contribution in [2.45, 2.75) is 32.7 Å². The molecule has 2 rings (SSSR count). The molecular formula is C20H31N3O3. The van der Waals surface area contributed by atoms with Crippen LogP contribution < -0.4 is 5.32 Å². The molecule has 0 aromatic heterocycles. The maximum Gasteiger partial charge on any atom is 0.317 e. The number of nitrogens with zero attached hydrogens (tertiary/aromatic N) is 2. The van der Waals surface area contributed by atoms with Crippen LogP contribution in [-0.4, -0.2) is 61.6 Å². The van der Waals surface area contributed by atoms with E-state index in [0.717, 1.165) is 24.9 Å². The normalized spacial score (nSPS) is 16.5. The molecule has 0 aliphatic carbocycles. The second kappa shape index (κ2) is 10.8. The zero-order chi connectivity index (χ0) is 18.8. The fraction of sp³-hybridized carbons (Fsp3) is 0.600. The fourth-order valence-corrected chi connectivity index (χ4v) is 3.16. The minimum absolute atomic E-state index is 0.0333. The first-order valence-electron chi connectivity index (χ1n) is 9.48. The van der Waals surface area contributed by atoms with Crippen LogP contribution in [0.1, 0.15) is 31.7 Å². The summed E-state index contributed by atoms with van der Waals surface area (Å²) in [6, 6.07) is 9.95. The van der Waals surface area contributed by atoms with E-state index in [1.165, 1.54) is 0 Å². The van der Waals surface area contributed by atoms with Crippen molar-refractivity contribution in [1.82, 2.24) is 15.1 Å². The predicted octanol–water partition coefficient (Wildman–Crippen LogP) is 2.49. The van der Waals surface area contributed by atoms with Gasteiger partial charge in [0, 0.05) is 52.9 Å². The monoisotopic (exact) mass is 361 g/mol. The summed E-state index contributed by atoms with van der Waals surface area (Å²) < 4.78 is 5.26. The van der Waals surface area contributed by atoms with Gasteiger partial charge in [-0.15, -0.1) is 0 Å². The highest BCUT2D eigenvalue weighted by Gasteiger charge is 2.28. The number of hydrogen-bond acceptors (Lipinski definition) is 3. The van der Waals surface area contributed by atoms with Crippen LogP contribution in [0.5, 0.6) is 0 Å². The molecule has 26 heavy (non-hydrogen) atoms. The van der Waals surface area contributed by atoms with E-state index in [9.17, 15) is 9.59 Å². The lowest BCUT2D eigenvalue weighted by atomic mass is 10.0. The number of rotatable bonds is 9. The average molecular weight is 361 g/mol. The molecular weight excluding hydrogens is 330 g/mol. The molecule has 1 aromatic carbocycles. The molecule has 0 radical (unpaired) electrons. The first-order valence-corrected chi connectivity index (χ1v) is 9.48. The summed E-state index contributed by atoms with van der Waals surface area (Å²) in [5, 5.41) is 2.92. The van der Waals surface area contributed by atoms with Gasteiger partial charge in [0.1, 0.15) is 0 Å². The van der Waals surface area contributed by atoms with Crippen molar-refractivity contribution >= 4 is 11.9 Å². The molecule has 1 N–H and O–H groups in total. The average Bonchev–Trinajstić information content (AvgIpc) is 3.10. The Morgan fingerprint density at radius 2 is 2.08 bits per heavy atom. The van der Waals surface area contributed by atoms with Gasteiger partial charge in [0.05, 0.1) is 0 Å². The number of nitrogens with one attached hydrogen (secondary N) is 1. The van der Waals surface area contributed by atoms with E-state index in [2.05, 4.69) is 5.32 Å². The Balaban J connectivity index is 1.67. The van der Waals surface area contributed by atoms with E-state index >= 15 is 0 Å². The van der Waals surface area contributed by atoms with Gasteiger partial charge in [0.25, 0.3) is 0 Å². The highest BCUT2D eigenvalue weighted by molar-refractivity contribution is 5.77. The van der Waals surface area contributed by atoms with Gasteiger partial charge in [-0.2, -0.15) is 0 Å². The van der Waals surface area contributed by atoms with Crippen LogP contribution in [0.25, 0.3) is 0 Å². The minimum atomic E-state index is -0.0333. The van der Waals surface area contributed by atoms with Crippen molar-refractivity contribution in [3.05, 3.63) is 35.9 Å². The van der Waals surface area contributed by atoms with Gasteiger partial charge in [0.2, 0.25) is 5.91 Å². The number of benzene rings is 1. The Kier molecular flexibility index (Phi) is 8.41. The minimum Gasteiger partial charge on any atom is -0.382 e. The van der Waals surface area contributed by atoms with E-state index < -0.39 is 0 Å². The predicted molar refractivity (Wildman–Crippen MR) is 102 cm³/mol. The first kappa shape index (κ1) is 20.2. The first-order chi connectivity index (χ1) is 12.6. The third kappa shape index (κ3) is 6.67. The third-order valence-corrected chi connectivity index (χ3v) is 4.67. The number of urea groups is 1. The molecule has 3 amide bonds. The second-order valence-electron chi connectivity index (χ2n) is 6.82. The van der Waals surface area contributed by atoms with Crippen molar-refractivity contribution in [1.29, 1.82) is 0 Å². The molecule has 6 heteroatoms. The van der Waals surface area contributed by atoms with Crippen LogP contribution >= 0.6 is 0 Å². The largest absolute Gasteiger partial charge is 0.382 e. The lowest BCUT2D eigenvalue weighted by Gasteiger charge is -2.20. The summed E-state index contributed by atoms with van der Waals surface area (Å²) in [6.45, 7) is 5.95. The number of likely N-dealkylation sites (tertiary alicyclic amines) is 1. The number of ether oxygens (including phenoxy) is 1. The van der Waals surface area contributed by atoms with Crippen LogP contribution in [0.3, 0.4) is 0 Å². The maximum absolute atomic E-state index is 12.4. The van der Waals surface area contributed by atoms with E-state index in [4.69, 9.17) is 4.74 Å². The lowest BCUT2D eigenvalue weighted by Crippen LogP contribution is -2.39. The smallest absolute Gasteiger partial charge is 0.317 e. The van der Waals surface area contributed by atoms with E-state index in [1.807, 2.05) is 49.2 Å². The van der Waals surface area contributed by atoms with Gasteiger partial charge >= 0.3 is 6.03 Å². The van der Waals surface area contributed by atoms with Crippen LogP contribution in [0.4, 0.5) is 4.79 Å². The number of amides is 3. The van der Waals surface area contributed by atoms with Crippen LogP contribution in [-0.2, 0) is 16.1 Å². The van der Waals surface area contributed by atoms with Gasteiger partial charge in [-0.05, 0) is 31.2 Å². The Labute approximate surface area is 156 Å². The summed E-state index contributed by atoms with van der Waals surface area (Å²) in [6.07, 6.45) is 2.20. The molecule has 1 fully saturated rings. The van der Waals surface area contributed by atoms with Crippen LogP contribution in [0.15, 0.2) is 30.3 Å². The zero-order valence-corrected chi connectivity index (χ0v) is 15.9. The summed E-state index contributed by atoms with van der Waals surface area (Å²) in [5.41, 5.74) is 1.13. The molecule has 0 bridgehead atoms. The molecule has 1 atom stereocenters. The van der Waals surface area contributed by atoms with Gasteiger partial charge in [-0.3, -0.25) is 4.79 Å². The number of carbonyl (C=O) groups is 2. The van der Waals surface area contributed by atoms with Gasteiger partial charge in [-0.1, -0.05) is 30.3 Å². The Bertz CT molecular complexity index is 565. The summed E-state index contributed by atoms with van der Waals surface area (Å²) in [5.74, 6) is 0.382. The summed E-state index contributed by atoms with van der Waals surface area (Å²) in [7, 11) is 1.84. The van der Waals surface area contributed by atoms with Crippen molar-refractivity contribution in [2.75, 3.05) is 39.9 Å². The van der Waals surface area contributed by atoms with Crippen molar-refractivity contribution in [2.24, 2.45) is 5.92 Å². The Hall–Kier alpha value is -2.08. The third-order valence-electron chi connectivity index (χ3n) is 4.67. The Morgan fingerprint density at radius 1 is 1.31 bits per heavy atom. The molecule has 144 valence electrons. The standard InChI is InChI=1S/C20H31N3O3/c1-3-26-13-7-11-21-20(25)23-12-10-18(16-23)14-19(24)22(2)15-17-8-5-4-6-9-17/h4-6,8-9,18H,3,7,10-16H2,1-2H3,(H,21,25). The maximum atomic E-state index is 12.4. The highest BCUT2D eigenvalue weighted by atomic mass is 16.5. The van der Waals surface area contributed by atoms with Crippen molar-refractivity contribution in [3.63, 3.8) is 0 Å². The van der Waals surface area contributed by atoms with Crippen molar-refractivity contribution in [3.8, 4) is 0 Å². The highest BCUT2D eigenvalue weighted by Crippen LogP contribution is 2.20. The van der Waals surface area contributed by atoms with E-state index in [1.54, 1.807) is 4.90 Å². The molecule has 6 nitrogen and oxygen atoms in total. The fourth-order valence-electron chi connectivity index (χ4n) is 3.16. The van der Waals surface area contributed by atoms with Gasteiger partial charge in [-0.25, -0.2) is 4.79 Å². The molecule has 1 aliphatic rings. The molecule has 0 saturated carbocycles. The molecule has 1 heterocycles. The summed E-state index contributed by atoms with van der Waals surface area (Å²) in [4.78, 5) is 28.2. The van der Waals surface area contributed by atoms with Crippen LogP contribution in [0, 0.1) is 5.92 Å². The quantitative estimate of drug-likeness (QED) is 0.688. The van der Waals surface area contributed by atoms with E-state index in [-0.39, 0.29) is 17.9 Å². The molecule has 0 spiro atoms. The molecule has 1 unspecified atom stereocenters. The van der Waals surface area contributed by atoms with Crippen LogP contribution in [0.2, 0.25) is 0 Å². The van der Waals surface area contributed by atoms with E-state index in [0.29, 0.717) is 39.3 Å². The van der Waals surface area contributed by atoms with Gasteiger partial charge < -0.3 is 19.9 Å². The SMILES string of the molecule is CCOCCCNC(=O)N1CCC(CC(=O)N(C)Cc2ccccc2)C1. The number of hydrogen-bond donors (Lipinski definition) is 1. The molecule has 1 aromatic rings. The zero-order valence-electron chi connectivity index (χ0n) is 15.9. The molecule has 1 saturated heterocycles. The lowest BCUT2D eigenvalue weighted by molar-refractivity contribution is -0.131. The van der Waals surface area contributed by atoms with Gasteiger partial charge in [0.15, 0.2) is 0 Å². The van der Waals surface area contributed by atoms with Crippen molar-refractivity contribution < 1.29 is 14.3 Å². The topological polar surface area (TPSA) is 61.9 Å². The Morgan fingerprint density at radius 3 is 2.81 bits per heavy atom. The number of carbonyl (C=O) groups excluding carboxylic acids is 2.